The molecule has 1 aromatic carbocycles. The monoisotopic (exact) mass is 341 g/mol. The van der Waals surface area contributed by atoms with Crippen molar-refractivity contribution >= 4 is 17.5 Å². The van der Waals surface area contributed by atoms with Crippen LogP contribution < -0.4 is 15.5 Å². The van der Waals surface area contributed by atoms with E-state index in [4.69, 9.17) is 0 Å². The minimum atomic E-state index is 0.0339. The Morgan fingerprint density at radius 2 is 1.72 bits per heavy atom. The number of benzene rings is 1. The fourth-order valence-electron chi connectivity index (χ4n) is 3.52. The van der Waals surface area contributed by atoms with Crippen LogP contribution in [0.4, 0.5) is 5.69 Å². The predicted molar refractivity (Wildman–Crippen MR) is 97.6 cm³/mol. The van der Waals surface area contributed by atoms with Gasteiger partial charge in [-0.1, -0.05) is 12.1 Å². The van der Waals surface area contributed by atoms with Gasteiger partial charge in [-0.2, -0.15) is 0 Å². The smallest absolute Gasteiger partial charge is 0.253 e. The van der Waals surface area contributed by atoms with E-state index in [1.807, 2.05) is 24.3 Å². The lowest BCUT2D eigenvalue weighted by molar-refractivity contribution is -0.123. The summed E-state index contributed by atoms with van der Waals surface area (Å²) in [5.74, 6) is 1.22. The molecule has 1 aliphatic heterocycles. The van der Waals surface area contributed by atoms with Crippen molar-refractivity contribution in [2.24, 2.45) is 11.8 Å². The summed E-state index contributed by atoms with van der Waals surface area (Å²) in [6.45, 7) is 2.55. The first-order valence-electron chi connectivity index (χ1n) is 9.63. The van der Waals surface area contributed by atoms with E-state index in [1.54, 1.807) is 0 Å². The third kappa shape index (κ3) is 4.14. The minimum Gasteiger partial charge on any atom is -0.371 e. The zero-order chi connectivity index (χ0) is 17.2. The van der Waals surface area contributed by atoms with E-state index in [2.05, 4.69) is 15.5 Å². The molecule has 0 radical (unpaired) electrons. The van der Waals surface area contributed by atoms with Gasteiger partial charge >= 0.3 is 0 Å². The Morgan fingerprint density at radius 3 is 2.40 bits per heavy atom. The van der Waals surface area contributed by atoms with Crippen LogP contribution in [0.5, 0.6) is 0 Å². The van der Waals surface area contributed by atoms with Gasteiger partial charge in [0.05, 0.1) is 5.56 Å². The van der Waals surface area contributed by atoms with Gasteiger partial charge in [0.2, 0.25) is 5.91 Å². The van der Waals surface area contributed by atoms with Crippen LogP contribution in [0, 0.1) is 11.8 Å². The number of para-hydroxylation sites is 1. The molecule has 0 unspecified atom stereocenters. The molecule has 134 valence electrons. The number of hydrogen-bond donors (Lipinski definition) is 2. The molecule has 3 aliphatic rings. The summed E-state index contributed by atoms with van der Waals surface area (Å²) in [6, 6.07) is 8.15. The standard InChI is InChI=1S/C20H27N3O2/c24-19(15-7-8-15)22-16-9-11-23(12-10-16)18-4-2-1-3-17(18)20(25)21-13-14-5-6-14/h1-4,14-16H,5-13H2,(H,21,25)(H,22,24). The number of nitrogens with one attached hydrogen (secondary N) is 2. The zero-order valence-electron chi connectivity index (χ0n) is 14.7. The summed E-state index contributed by atoms with van der Waals surface area (Å²) in [6.07, 6.45) is 6.46. The number of nitrogens with zero attached hydrogens (tertiary/aromatic N) is 1. The van der Waals surface area contributed by atoms with E-state index in [0.29, 0.717) is 5.92 Å². The molecule has 4 rings (SSSR count). The molecule has 5 heteroatoms. The Balaban J connectivity index is 1.35. The highest BCUT2D eigenvalue weighted by atomic mass is 16.2. The lowest BCUT2D eigenvalue weighted by Crippen LogP contribution is -2.45. The summed E-state index contributed by atoms with van der Waals surface area (Å²) >= 11 is 0. The maximum absolute atomic E-state index is 12.5. The van der Waals surface area contributed by atoms with Crippen molar-refractivity contribution in [3.8, 4) is 0 Å². The number of anilines is 1. The van der Waals surface area contributed by atoms with Crippen molar-refractivity contribution < 1.29 is 9.59 Å². The maximum Gasteiger partial charge on any atom is 0.253 e. The van der Waals surface area contributed by atoms with Gasteiger partial charge in [-0.3, -0.25) is 9.59 Å². The zero-order valence-corrected chi connectivity index (χ0v) is 14.7. The molecule has 25 heavy (non-hydrogen) atoms. The lowest BCUT2D eigenvalue weighted by atomic mass is 10.0. The molecule has 0 spiro atoms. The number of hydrogen-bond acceptors (Lipinski definition) is 3. The first-order valence-corrected chi connectivity index (χ1v) is 9.63. The first-order chi connectivity index (χ1) is 12.2. The van der Waals surface area contributed by atoms with Crippen molar-refractivity contribution in [2.75, 3.05) is 24.5 Å². The highest BCUT2D eigenvalue weighted by molar-refractivity contribution is 5.99. The number of rotatable bonds is 6. The molecule has 1 saturated heterocycles. The fourth-order valence-corrected chi connectivity index (χ4v) is 3.52. The van der Waals surface area contributed by atoms with Crippen LogP contribution in [0.1, 0.15) is 48.9 Å². The fraction of sp³-hybridized carbons (Fsp3) is 0.600. The number of carbonyl (C=O) groups is 2. The van der Waals surface area contributed by atoms with E-state index in [-0.39, 0.29) is 23.8 Å². The third-order valence-corrected chi connectivity index (χ3v) is 5.53. The topological polar surface area (TPSA) is 61.4 Å². The average Bonchev–Trinajstić information content (AvgIpc) is 3.54. The van der Waals surface area contributed by atoms with Gasteiger partial charge in [-0.05, 0) is 56.6 Å². The van der Waals surface area contributed by atoms with E-state index < -0.39 is 0 Å². The van der Waals surface area contributed by atoms with Crippen LogP contribution in [-0.4, -0.2) is 37.5 Å². The molecule has 2 N–H and O–H groups in total. The summed E-state index contributed by atoms with van der Waals surface area (Å²) in [5, 5.41) is 6.26. The van der Waals surface area contributed by atoms with Gasteiger partial charge in [0.1, 0.15) is 0 Å². The summed E-state index contributed by atoms with van der Waals surface area (Å²) in [7, 11) is 0. The second-order valence-electron chi connectivity index (χ2n) is 7.71. The van der Waals surface area contributed by atoms with Crippen LogP contribution in [0.3, 0.4) is 0 Å². The molecule has 3 fully saturated rings. The Kier molecular flexibility index (Phi) is 4.64. The Hall–Kier alpha value is -2.04. The highest BCUT2D eigenvalue weighted by Crippen LogP contribution is 2.30. The number of amides is 2. The molecular formula is C20H27N3O2. The van der Waals surface area contributed by atoms with E-state index >= 15 is 0 Å². The van der Waals surface area contributed by atoms with Gasteiger partial charge in [-0.25, -0.2) is 0 Å². The van der Waals surface area contributed by atoms with Gasteiger partial charge in [0, 0.05) is 37.3 Å². The lowest BCUT2D eigenvalue weighted by Gasteiger charge is -2.35. The molecule has 2 saturated carbocycles. The van der Waals surface area contributed by atoms with Gasteiger partial charge in [0.15, 0.2) is 0 Å². The molecular weight excluding hydrogens is 314 g/mol. The normalized spacial score (nSPS) is 21.0. The molecule has 0 atom stereocenters. The van der Waals surface area contributed by atoms with Crippen LogP contribution in [-0.2, 0) is 4.79 Å². The van der Waals surface area contributed by atoms with Crippen LogP contribution in [0.25, 0.3) is 0 Å². The predicted octanol–water partition coefficient (Wildman–Crippen LogP) is 2.32. The van der Waals surface area contributed by atoms with Crippen molar-refractivity contribution in [1.29, 1.82) is 0 Å². The molecule has 1 heterocycles. The molecule has 2 amide bonds. The molecule has 2 aliphatic carbocycles. The number of piperidine rings is 1. The van der Waals surface area contributed by atoms with Crippen molar-refractivity contribution in [3.05, 3.63) is 29.8 Å². The second-order valence-corrected chi connectivity index (χ2v) is 7.71. The van der Waals surface area contributed by atoms with Crippen molar-refractivity contribution in [3.63, 3.8) is 0 Å². The molecule has 0 aromatic heterocycles. The highest BCUT2D eigenvalue weighted by Gasteiger charge is 2.32. The molecule has 0 bridgehead atoms. The van der Waals surface area contributed by atoms with Gasteiger partial charge in [-0.15, -0.1) is 0 Å². The van der Waals surface area contributed by atoms with E-state index in [9.17, 15) is 9.59 Å². The van der Waals surface area contributed by atoms with Crippen LogP contribution in [0.15, 0.2) is 24.3 Å². The van der Waals surface area contributed by atoms with E-state index in [0.717, 1.165) is 56.6 Å². The Bertz CT molecular complexity index is 644. The average molecular weight is 341 g/mol. The largest absolute Gasteiger partial charge is 0.371 e. The summed E-state index contributed by atoms with van der Waals surface area (Å²) in [5.41, 5.74) is 1.78. The summed E-state index contributed by atoms with van der Waals surface area (Å²) < 4.78 is 0. The van der Waals surface area contributed by atoms with Crippen LogP contribution in [0.2, 0.25) is 0 Å². The van der Waals surface area contributed by atoms with Crippen molar-refractivity contribution in [2.45, 2.75) is 44.6 Å². The maximum atomic E-state index is 12.5. The molecule has 5 nitrogen and oxygen atoms in total. The first kappa shape index (κ1) is 16.4. The summed E-state index contributed by atoms with van der Waals surface area (Å²) in [4.78, 5) is 26.7. The quantitative estimate of drug-likeness (QED) is 0.835. The van der Waals surface area contributed by atoms with Gasteiger partial charge in [0.25, 0.3) is 5.91 Å². The molecule has 1 aromatic rings. The van der Waals surface area contributed by atoms with Crippen molar-refractivity contribution in [1.82, 2.24) is 10.6 Å². The Morgan fingerprint density at radius 1 is 1.00 bits per heavy atom. The third-order valence-electron chi connectivity index (χ3n) is 5.53. The minimum absolute atomic E-state index is 0.0339. The van der Waals surface area contributed by atoms with Gasteiger partial charge < -0.3 is 15.5 Å². The van der Waals surface area contributed by atoms with E-state index in [1.165, 1.54) is 12.8 Å². The van der Waals surface area contributed by atoms with Crippen LogP contribution >= 0.6 is 0 Å². The Labute approximate surface area is 149 Å². The number of carbonyl (C=O) groups excluding carboxylic acids is 2. The second kappa shape index (κ2) is 7.06. The SMILES string of the molecule is O=C(NCC1CC1)c1ccccc1N1CCC(NC(=O)C2CC2)CC1.